The number of benzene rings is 2. The number of rotatable bonds is 6. The summed E-state index contributed by atoms with van der Waals surface area (Å²) in [6, 6.07) is 20.1. The van der Waals surface area contributed by atoms with Crippen molar-refractivity contribution in [3.05, 3.63) is 95.7 Å². The second kappa shape index (κ2) is 7.92. The number of hydrogen-bond donors (Lipinski definition) is 0. The fourth-order valence-corrected chi connectivity index (χ4v) is 4.15. The van der Waals surface area contributed by atoms with E-state index in [1.54, 1.807) is 4.80 Å². The molecule has 1 atom stereocenters. The van der Waals surface area contributed by atoms with Crippen LogP contribution in [0.3, 0.4) is 0 Å². The predicted octanol–water partition coefficient (Wildman–Crippen LogP) is 4.24. The molecule has 0 saturated carbocycles. The first-order valence-electron chi connectivity index (χ1n) is 9.96. The molecule has 3 aromatic heterocycles. The van der Waals surface area contributed by atoms with E-state index in [0.717, 1.165) is 28.9 Å². The molecule has 0 spiro atoms. The molecule has 3 heterocycles. The molecule has 0 aliphatic rings. The zero-order chi connectivity index (χ0) is 21.3. The van der Waals surface area contributed by atoms with E-state index in [0.29, 0.717) is 11.6 Å². The van der Waals surface area contributed by atoms with E-state index >= 15 is 0 Å². The Hall–Kier alpha value is -3.58. The van der Waals surface area contributed by atoms with Gasteiger partial charge in [-0.25, -0.2) is 9.50 Å². The standard InChI is InChI=1S/C23H20ClN7/c1-23(15-30-28-16-26-29-30,13-17-5-3-2-4-6-17)21-11-12-25-22-20(14-27-31(21)22)18-7-9-19(24)10-8-18/h2-12,14,16H,13,15H2,1H3. The summed E-state index contributed by atoms with van der Waals surface area (Å²) in [5, 5.41) is 17.6. The van der Waals surface area contributed by atoms with Gasteiger partial charge in [-0.2, -0.15) is 9.90 Å². The highest BCUT2D eigenvalue weighted by molar-refractivity contribution is 6.30. The first-order valence-corrected chi connectivity index (χ1v) is 10.3. The average molecular weight is 430 g/mol. The predicted molar refractivity (Wildman–Crippen MR) is 119 cm³/mol. The molecule has 5 rings (SSSR count). The van der Waals surface area contributed by atoms with Crippen LogP contribution >= 0.6 is 11.6 Å². The van der Waals surface area contributed by atoms with E-state index in [9.17, 15) is 0 Å². The Balaban J connectivity index is 1.63. The highest BCUT2D eigenvalue weighted by Gasteiger charge is 2.32. The van der Waals surface area contributed by atoms with Crippen LogP contribution in [0.25, 0.3) is 16.8 Å². The molecular weight excluding hydrogens is 410 g/mol. The van der Waals surface area contributed by atoms with Gasteiger partial charge in [0.25, 0.3) is 0 Å². The van der Waals surface area contributed by atoms with Crippen molar-refractivity contribution >= 4 is 17.2 Å². The molecule has 0 fully saturated rings. The maximum absolute atomic E-state index is 6.07. The van der Waals surface area contributed by atoms with Crippen LogP contribution < -0.4 is 0 Å². The van der Waals surface area contributed by atoms with E-state index in [-0.39, 0.29) is 5.41 Å². The Labute approximate surface area is 184 Å². The van der Waals surface area contributed by atoms with E-state index in [1.807, 2.05) is 53.3 Å². The summed E-state index contributed by atoms with van der Waals surface area (Å²) in [4.78, 5) is 6.26. The summed E-state index contributed by atoms with van der Waals surface area (Å²) in [6.45, 7) is 2.75. The minimum absolute atomic E-state index is 0.355. The summed E-state index contributed by atoms with van der Waals surface area (Å²) in [5.41, 5.74) is 4.67. The van der Waals surface area contributed by atoms with Gasteiger partial charge < -0.3 is 0 Å². The number of fused-ring (bicyclic) bond motifs is 1. The van der Waals surface area contributed by atoms with E-state index < -0.39 is 0 Å². The van der Waals surface area contributed by atoms with Crippen LogP contribution in [-0.2, 0) is 18.4 Å². The lowest BCUT2D eigenvalue weighted by Crippen LogP contribution is -2.34. The second-order valence-electron chi connectivity index (χ2n) is 7.82. The van der Waals surface area contributed by atoms with Crippen molar-refractivity contribution in [1.29, 1.82) is 0 Å². The monoisotopic (exact) mass is 429 g/mol. The van der Waals surface area contributed by atoms with Crippen LogP contribution in [-0.4, -0.2) is 34.8 Å². The van der Waals surface area contributed by atoms with Crippen LogP contribution in [0.4, 0.5) is 0 Å². The van der Waals surface area contributed by atoms with Crippen molar-refractivity contribution in [2.45, 2.75) is 25.3 Å². The Bertz CT molecular complexity index is 1300. The zero-order valence-electron chi connectivity index (χ0n) is 16.9. The summed E-state index contributed by atoms with van der Waals surface area (Å²) >= 11 is 6.07. The Kier molecular flexibility index (Phi) is 4.95. The van der Waals surface area contributed by atoms with Crippen LogP contribution in [0.1, 0.15) is 18.2 Å². The van der Waals surface area contributed by atoms with Crippen molar-refractivity contribution in [2.24, 2.45) is 0 Å². The average Bonchev–Trinajstić information content (AvgIpc) is 3.44. The zero-order valence-corrected chi connectivity index (χ0v) is 17.7. The highest BCUT2D eigenvalue weighted by atomic mass is 35.5. The van der Waals surface area contributed by atoms with Gasteiger partial charge in [0.2, 0.25) is 0 Å². The summed E-state index contributed by atoms with van der Waals surface area (Å²) in [7, 11) is 0. The summed E-state index contributed by atoms with van der Waals surface area (Å²) in [5.74, 6) is 0. The molecule has 8 heteroatoms. The lowest BCUT2D eigenvalue weighted by Gasteiger charge is -2.29. The molecule has 0 N–H and O–H groups in total. The maximum atomic E-state index is 6.07. The van der Waals surface area contributed by atoms with Gasteiger partial charge in [-0.15, -0.1) is 10.2 Å². The molecule has 0 aliphatic heterocycles. The first-order chi connectivity index (χ1) is 15.1. The Morgan fingerprint density at radius 3 is 2.52 bits per heavy atom. The lowest BCUT2D eigenvalue weighted by atomic mass is 9.80. The molecule has 7 nitrogen and oxygen atoms in total. The van der Waals surface area contributed by atoms with Gasteiger partial charge >= 0.3 is 0 Å². The minimum Gasteiger partial charge on any atom is -0.236 e. The summed E-state index contributed by atoms with van der Waals surface area (Å²) < 4.78 is 1.92. The van der Waals surface area contributed by atoms with Crippen molar-refractivity contribution in [2.75, 3.05) is 0 Å². The van der Waals surface area contributed by atoms with Crippen molar-refractivity contribution in [3.63, 3.8) is 0 Å². The van der Waals surface area contributed by atoms with Gasteiger partial charge in [-0.3, -0.25) is 0 Å². The van der Waals surface area contributed by atoms with Gasteiger partial charge in [0.1, 0.15) is 0 Å². The molecule has 0 aliphatic carbocycles. The lowest BCUT2D eigenvalue weighted by molar-refractivity contribution is 0.329. The summed E-state index contributed by atoms with van der Waals surface area (Å²) in [6.07, 6.45) is 5.93. The molecule has 0 amide bonds. The van der Waals surface area contributed by atoms with Gasteiger partial charge in [-0.05, 0) is 41.0 Å². The normalized spacial score (nSPS) is 13.4. The van der Waals surface area contributed by atoms with Crippen molar-refractivity contribution < 1.29 is 0 Å². The third-order valence-electron chi connectivity index (χ3n) is 5.49. The molecule has 0 saturated heterocycles. The molecule has 0 radical (unpaired) electrons. The largest absolute Gasteiger partial charge is 0.236 e. The molecule has 31 heavy (non-hydrogen) atoms. The molecular formula is C23H20ClN7. The first kappa shape index (κ1) is 19.4. The number of aromatic nitrogens is 7. The smallest absolute Gasteiger partial charge is 0.163 e. The van der Waals surface area contributed by atoms with Gasteiger partial charge in [-0.1, -0.05) is 61.0 Å². The number of hydrogen-bond acceptors (Lipinski definition) is 5. The minimum atomic E-state index is -0.355. The Morgan fingerprint density at radius 2 is 1.77 bits per heavy atom. The number of halogens is 1. The molecule has 5 aromatic rings. The van der Waals surface area contributed by atoms with Crippen LogP contribution in [0.5, 0.6) is 0 Å². The SMILES string of the molecule is CC(Cc1ccccc1)(Cn1ncnn1)c1ccnc2c(-c3ccc(Cl)cc3)cnn12. The van der Waals surface area contributed by atoms with Crippen molar-refractivity contribution in [1.82, 2.24) is 34.8 Å². The highest BCUT2D eigenvalue weighted by Crippen LogP contribution is 2.32. The Morgan fingerprint density at radius 1 is 0.968 bits per heavy atom. The van der Waals surface area contributed by atoms with Gasteiger partial charge in [0.05, 0.1) is 18.4 Å². The maximum Gasteiger partial charge on any atom is 0.163 e. The third-order valence-corrected chi connectivity index (χ3v) is 5.75. The van der Waals surface area contributed by atoms with Crippen molar-refractivity contribution in [3.8, 4) is 11.1 Å². The fraction of sp³-hybridized carbons (Fsp3) is 0.174. The van der Waals surface area contributed by atoms with Gasteiger partial charge in [0.15, 0.2) is 12.0 Å². The topological polar surface area (TPSA) is 73.8 Å². The number of tetrazole rings is 1. The molecule has 154 valence electrons. The van der Waals surface area contributed by atoms with E-state index in [4.69, 9.17) is 16.7 Å². The number of nitrogens with zero attached hydrogens (tertiary/aromatic N) is 7. The molecule has 2 aromatic carbocycles. The van der Waals surface area contributed by atoms with Crippen LogP contribution in [0.2, 0.25) is 5.02 Å². The second-order valence-corrected chi connectivity index (χ2v) is 8.26. The van der Waals surface area contributed by atoms with Crippen LogP contribution in [0, 0.1) is 0 Å². The fourth-order valence-electron chi connectivity index (χ4n) is 4.03. The van der Waals surface area contributed by atoms with Crippen LogP contribution in [0.15, 0.2) is 79.4 Å². The molecule has 1 unspecified atom stereocenters. The quantitative estimate of drug-likeness (QED) is 0.403. The van der Waals surface area contributed by atoms with Gasteiger partial charge in [0, 0.05) is 22.2 Å². The third kappa shape index (κ3) is 3.80. The van der Waals surface area contributed by atoms with E-state index in [1.165, 1.54) is 11.9 Å². The van der Waals surface area contributed by atoms with E-state index in [2.05, 4.69) is 51.6 Å². The molecule has 0 bridgehead atoms.